The molecule has 0 atom stereocenters. The predicted molar refractivity (Wildman–Crippen MR) is 111 cm³/mol. The van der Waals surface area contributed by atoms with E-state index in [1.165, 1.54) is 23.8 Å². The van der Waals surface area contributed by atoms with Crippen molar-refractivity contribution >= 4 is 28.3 Å². The maximum Gasteiger partial charge on any atom is 0.258 e. The van der Waals surface area contributed by atoms with E-state index in [1.54, 1.807) is 19.2 Å². The third kappa shape index (κ3) is 2.88. The zero-order chi connectivity index (χ0) is 20.3. The van der Waals surface area contributed by atoms with Crippen LogP contribution in [0, 0.1) is 17.8 Å². The van der Waals surface area contributed by atoms with Crippen molar-refractivity contribution in [2.45, 2.75) is 57.5 Å². The van der Waals surface area contributed by atoms with Crippen molar-refractivity contribution < 1.29 is 9.59 Å². The minimum atomic E-state index is -0.554. The van der Waals surface area contributed by atoms with Gasteiger partial charge in [-0.2, -0.15) is 0 Å². The third-order valence-corrected chi connectivity index (χ3v) is 7.36. The average molecular weight is 393 g/mol. The topological polar surface area (TPSA) is 85.4 Å². The molecule has 1 aromatic carbocycles. The number of hydrogen-bond acceptors (Lipinski definition) is 3. The first-order chi connectivity index (χ1) is 13.9. The smallest absolute Gasteiger partial charge is 0.258 e. The van der Waals surface area contributed by atoms with Crippen LogP contribution in [-0.4, -0.2) is 21.9 Å². The van der Waals surface area contributed by atoms with Gasteiger partial charge in [0.25, 0.3) is 5.56 Å². The van der Waals surface area contributed by atoms with E-state index in [0.29, 0.717) is 23.1 Å². The molecule has 0 unspecified atom stereocenters. The molecule has 4 aliphatic carbocycles. The molecule has 4 saturated carbocycles. The number of primary amides is 1. The monoisotopic (exact) mass is 393 g/mol. The molecule has 29 heavy (non-hydrogen) atoms. The summed E-state index contributed by atoms with van der Waals surface area (Å²) in [4.78, 5) is 39.2. The van der Waals surface area contributed by atoms with Gasteiger partial charge < -0.3 is 15.2 Å². The van der Waals surface area contributed by atoms with E-state index in [0.717, 1.165) is 30.3 Å². The zero-order valence-corrected chi connectivity index (χ0v) is 16.8. The van der Waals surface area contributed by atoms with Crippen LogP contribution in [0.25, 0.3) is 10.8 Å². The SMILES string of the molecule is CC(=O)N(c1cccc2c(=O)n(CC(N)=O)ccc12)C12CC3CC(CC(C3)C1)C2. The molecule has 6 rings (SSSR count). The second-order valence-electron chi connectivity index (χ2n) is 9.45. The molecule has 1 heterocycles. The van der Waals surface area contributed by atoms with Gasteiger partial charge in [-0.15, -0.1) is 0 Å². The molecule has 0 saturated heterocycles. The summed E-state index contributed by atoms with van der Waals surface area (Å²) in [5, 5.41) is 1.28. The Balaban J connectivity index is 1.65. The van der Waals surface area contributed by atoms with Crippen LogP contribution in [0.2, 0.25) is 0 Å². The molecule has 4 bridgehead atoms. The van der Waals surface area contributed by atoms with E-state index < -0.39 is 5.91 Å². The first kappa shape index (κ1) is 18.4. The molecule has 2 amide bonds. The number of aromatic nitrogens is 1. The first-order valence-electron chi connectivity index (χ1n) is 10.6. The van der Waals surface area contributed by atoms with Crippen molar-refractivity contribution in [2.75, 3.05) is 4.90 Å². The second-order valence-corrected chi connectivity index (χ2v) is 9.45. The van der Waals surface area contributed by atoms with Gasteiger partial charge in [0.1, 0.15) is 6.54 Å². The number of nitrogens with zero attached hydrogens (tertiary/aromatic N) is 2. The van der Waals surface area contributed by atoms with Gasteiger partial charge in [-0.25, -0.2) is 0 Å². The number of anilines is 1. The van der Waals surface area contributed by atoms with Gasteiger partial charge >= 0.3 is 0 Å². The van der Waals surface area contributed by atoms with Crippen molar-refractivity contribution in [3.63, 3.8) is 0 Å². The maximum absolute atomic E-state index is 13.0. The number of carbonyl (C=O) groups excluding carboxylic acids is 2. The van der Waals surface area contributed by atoms with Crippen LogP contribution in [0.4, 0.5) is 5.69 Å². The summed E-state index contributed by atoms with van der Waals surface area (Å²) in [6.45, 7) is 1.50. The standard InChI is InChI=1S/C23H27N3O3/c1-14(27)26(23-10-15-7-16(11-23)9-17(8-15)12-23)20-4-2-3-19-18(20)5-6-25(22(19)29)13-21(24)28/h2-6,15-17H,7-13H2,1H3,(H2,24,28). The van der Waals surface area contributed by atoms with Gasteiger partial charge in [0.2, 0.25) is 11.8 Å². The summed E-state index contributed by atoms with van der Waals surface area (Å²) in [5.74, 6) is 1.63. The highest BCUT2D eigenvalue weighted by Crippen LogP contribution is 2.58. The molecule has 0 spiro atoms. The quantitative estimate of drug-likeness (QED) is 0.867. The molecule has 4 aliphatic rings. The van der Waals surface area contributed by atoms with Gasteiger partial charge in [-0.05, 0) is 74.5 Å². The van der Waals surface area contributed by atoms with Crippen molar-refractivity contribution in [1.82, 2.24) is 4.57 Å². The van der Waals surface area contributed by atoms with E-state index in [-0.39, 0.29) is 23.6 Å². The summed E-state index contributed by atoms with van der Waals surface area (Å²) >= 11 is 0. The lowest BCUT2D eigenvalue weighted by Crippen LogP contribution is -2.61. The number of carbonyl (C=O) groups is 2. The summed E-state index contributed by atoms with van der Waals surface area (Å²) in [6, 6.07) is 7.40. The summed E-state index contributed by atoms with van der Waals surface area (Å²) in [6.07, 6.45) is 8.71. The van der Waals surface area contributed by atoms with Crippen molar-refractivity contribution in [3.8, 4) is 0 Å². The largest absolute Gasteiger partial charge is 0.368 e. The van der Waals surface area contributed by atoms with E-state index >= 15 is 0 Å². The molecule has 4 fully saturated rings. The van der Waals surface area contributed by atoms with Gasteiger partial charge in [0.15, 0.2) is 0 Å². The summed E-state index contributed by atoms with van der Waals surface area (Å²) in [5.41, 5.74) is 5.71. The highest BCUT2D eigenvalue weighted by Gasteiger charge is 2.54. The molecular weight excluding hydrogens is 366 g/mol. The van der Waals surface area contributed by atoms with Crippen LogP contribution in [0.1, 0.15) is 45.4 Å². The Morgan fingerprint density at radius 1 is 1.07 bits per heavy atom. The van der Waals surface area contributed by atoms with Crippen LogP contribution in [0.3, 0.4) is 0 Å². The van der Waals surface area contributed by atoms with Crippen molar-refractivity contribution in [3.05, 3.63) is 40.8 Å². The van der Waals surface area contributed by atoms with E-state index in [9.17, 15) is 14.4 Å². The Morgan fingerprint density at radius 3 is 2.24 bits per heavy atom. The van der Waals surface area contributed by atoms with Crippen molar-refractivity contribution in [1.29, 1.82) is 0 Å². The van der Waals surface area contributed by atoms with Crippen LogP contribution < -0.4 is 16.2 Å². The van der Waals surface area contributed by atoms with E-state index in [2.05, 4.69) is 0 Å². The predicted octanol–water partition coefficient (Wildman–Crippen LogP) is 2.81. The lowest BCUT2D eigenvalue weighted by Gasteiger charge is -2.60. The first-order valence-corrected chi connectivity index (χ1v) is 10.6. The van der Waals surface area contributed by atoms with Gasteiger partial charge in [0.05, 0.1) is 5.69 Å². The molecular formula is C23H27N3O3. The Morgan fingerprint density at radius 2 is 1.69 bits per heavy atom. The van der Waals surface area contributed by atoms with Crippen LogP contribution >= 0.6 is 0 Å². The fourth-order valence-electron chi connectivity index (χ4n) is 6.89. The number of pyridine rings is 1. The Labute approximate surface area is 169 Å². The molecule has 6 nitrogen and oxygen atoms in total. The van der Waals surface area contributed by atoms with Gasteiger partial charge in [-0.1, -0.05) is 6.07 Å². The highest BCUT2D eigenvalue weighted by molar-refractivity contribution is 6.03. The highest BCUT2D eigenvalue weighted by atomic mass is 16.2. The lowest BCUT2D eigenvalue weighted by molar-refractivity contribution is -0.120. The Kier molecular flexibility index (Phi) is 4.09. The fourth-order valence-corrected chi connectivity index (χ4v) is 6.89. The van der Waals surface area contributed by atoms with Crippen LogP contribution in [0.15, 0.2) is 35.3 Å². The zero-order valence-electron chi connectivity index (χ0n) is 16.8. The normalized spacial score (nSPS) is 29.9. The Bertz CT molecular complexity index is 1040. The minimum Gasteiger partial charge on any atom is -0.368 e. The van der Waals surface area contributed by atoms with Crippen molar-refractivity contribution in [2.24, 2.45) is 23.5 Å². The molecule has 2 aromatic rings. The van der Waals surface area contributed by atoms with Crippen LogP contribution in [0.5, 0.6) is 0 Å². The number of nitrogens with two attached hydrogens (primary N) is 1. The Hall–Kier alpha value is -2.63. The van der Waals surface area contributed by atoms with Crippen LogP contribution in [-0.2, 0) is 16.1 Å². The lowest BCUT2D eigenvalue weighted by atomic mass is 9.52. The molecule has 152 valence electrons. The molecule has 0 radical (unpaired) electrons. The minimum absolute atomic E-state index is 0.0424. The number of rotatable bonds is 4. The molecule has 6 heteroatoms. The number of hydrogen-bond donors (Lipinski definition) is 1. The number of amides is 2. The van der Waals surface area contributed by atoms with Gasteiger partial charge in [-0.3, -0.25) is 14.4 Å². The van der Waals surface area contributed by atoms with E-state index in [1.807, 2.05) is 23.1 Å². The fraction of sp³-hybridized carbons (Fsp3) is 0.522. The third-order valence-electron chi connectivity index (χ3n) is 7.36. The molecule has 2 N–H and O–H groups in total. The van der Waals surface area contributed by atoms with E-state index in [4.69, 9.17) is 5.73 Å². The number of benzene rings is 1. The summed E-state index contributed by atoms with van der Waals surface area (Å²) < 4.78 is 1.33. The second kappa shape index (κ2) is 6.44. The van der Waals surface area contributed by atoms with Gasteiger partial charge in [0, 0.05) is 29.4 Å². The average Bonchev–Trinajstić information content (AvgIpc) is 2.62. The summed E-state index contributed by atoms with van der Waals surface area (Å²) in [7, 11) is 0. The molecule has 1 aromatic heterocycles. The number of fused-ring (bicyclic) bond motifs is 1. The maximum atomic E-state index is 13.0. The molecule has 0 aliphatic heterocycles.